The third-order valence-corrected chi connectivity index (χ3v) is 3.78. The van der Waals surface area contributed by atoms with Crippen molar-refractivity contribution in [3.05, 3.63) is 12.0 Å². The molecule has 130 valence electrons. The lowest BCUT2D eigenvalue weighted by atomic mass is 10.1. The Morgan fingerprint density at radius 1 is 1.09 bits per heavy atom. The van der Waals surface area contributed by atoms with Crippen molar-refractivity contribution in [3.8, 4) is 0 Å². The van der Waals surface area contributed by atoms with E-state index >= 15 is 0 Å². The van der Waals surface area contributed by atoms with Crippen molar-refractivity contribution in [1.82, 2.24) is 0 Å². The topological polar surface area (TPSA) is 47.9 Å². The van der Waals surface area contributed by atoms with Gasteiger partial charge in [0.15, 0.2) is 5.76 Å². The molecule has 4 heteroatoms. The van der Waals surface area contributed by atoms with Gasteiger partial charge in [-0.2, -0.15) is 0 Å². The molecule has 1 aliphatic rings. The van der Waals surface area contributed by atoms with E-state index in [9.17, 15) is 0 Å². The summed E-state index contributed by atoms with van der Waals surface area (Å²) in [5.41, 5.74) is 0. The van der Waals surface area contributed by atoms with E-state index in [0.29, 0.717) is 13.2 Å². The van der Waals surface area contributed by atoms with Gasteiger partial charge in [-0.25, -0.2) is 0 Å². The Morgan fingerprint density at radius 3 is 2.36 bits per heavy atom. The van der Waals surface area contributed by atoms with E-state index in [0.717, 1.165) is 18.6 Å². The molecule has 0 fully saturated rings. The van der Waals surface area contributed by atoms with E-state index in [1.165, 1.54) is 51.4 Å². The molecule has 1 heterocycles. The van der Waals surface area contributed by atoms with Crippen LogP contribution in [0.3, 0.4) is 0 Å². The fourth-order valence-corrected chi connectivity index (χ4v) is 2.52. The minimum atomic E-state index is -0.444. The molecule has 0 aliphatic carbocycles. The van der Waals surface area contributed by atoms with Crippen LogP contribution in [-0.2, 0) is 14.2 Å². The van der Waals surface area contributed by atoms with Gasteiger partial charge < -0.3 is 19.3 Å². The lowest BCUT2D eigenvalue weighted by Crippen LogP contribution is -2.13. The average Bonchev–Trinajstić information content (AvgIpc) is 2.93. The molecule has 0 aromatic carbocycles. The van der Waals surface area contributed by atoms with Crippen LogP contribution in [0.2, 0.25) is 0 Å². The lowest BCUT2D eigenvalue weighted by molar-refractivity contribution is -0.0498. The van der Waals surface area contributed by atoms with Crippen LogP contribution in [0.1, 0.15) is 78.1 Å². The molecule has 0 saturated heterocycles. The molecule has 0 bridgehead atoms. The zero-order valence-corrected chi connectivity index (χ0v) is 14.4. The first kappa shape index (κ1) is 19.3. The quantitative estimate of drug-likeness (QED) is 0.479. The highest BCUT2D eigenvalue weighted by molar-refractivity contribution is 4.92. The number of hydrogen-bond acceptors (Lipinski definition) is 4. The Morgan fingerprint density at radius 2 is 1.73 bits per heavy atom. The first-order valence-corrected chi connectivity index (χ1v) is 8.99. The summed E-state index contributed by atoms with van der Waals surface area (Å²) in [7, 11) is 0. The molecule has 0 aromatic rings. The SMILES string of the molecule is CCCCCCCCCCCC1OC=C(COCC(C)O)O1. The zero-order valence-electron chi connectivity index (χ0n) is 14.4. The van der Waals surface area contributed by atoms with Crippen molar-refractivity contribution in [1.29, 1.82) is 0 Å². The highest BCUT2D eigenvalue weighted by atomic mass is 16.7. The van der Waals surface area contributed by atoms with Crippen LogP contribution in [0.15, 0.2) is 12.0 Å². The molecule has 0 radical (unpaired) electrons. The number of hydrogen-bond donors (Lipinski definition) is 1. The molecular formula is C18H34O4. The van der Waals surface area contributed by atoms with Crippen LogP contribution in [0.4, 0.5) is 0 Å². The van der Waals surface area contributed by atoms with Crippen molar-refractivity contribution >= 4 is 0 Å². The van der Waals surface area contributed by atoms with Gasteiger partial charge in [0.05, 0.1) is 12.7 Å². The van der Waals surface area contributed by atoms with Crippen molar-refractivity contribution in [2.45, 2.75) is 90.4 Å². The summed E-state index contributed by atoms with van der Waals surface area (Å²) in [6, 6.07) is 0. The van der Waals surface area contributed by atoms with Gasteiger partial charge in [0, 0.05) is 6.42 Å². The molecule has 2 atom stereocenters. The predicted molar refractivity (Wildman–Crippen MR) is 88.4 cm³/mol. The van der Waals surface area contributed by atoms with E-state index in [2.05, 4.69) is 6.92 Å². The summed E-state index contributed by atoms with van der Waals surface area (Å²) in [4.78, 5) is 0. The Labute approximate surface area is 135 Å². The average molecular weight is 314 g/mol. The van der Waals surface area contributed by atoms with Gasteiger partial charge in [-0.15, -0.1) is 0 Å². The van der Waals surface area contributed by atoms with Gasteiger partial charge in [0.1, 0.15) is 12.9 Å². The van der Waals surface area contributed by atoms with Gasteiger partial charge >= 0.3 is 0 Å². The van der Waals surface area contributed by atoms with Gasteiger partial charge in [0.2, 0.25) is 6.29 Å². The van der Waals surface area contributed by atoms with Crippen LogP contribution in [0.5, 0.6) is 0 Å². The Kier molecular flexibility index (Phi) is 11.2. The number of aliphatic hydroxyl groups is 1. The van der Waals surface area contributed by atoms with Crippen LogP contribution < -0.4 is 0 Å². The van der Waals surface area contributed by atoms with Gasteiger partial charge in [-0.1, -0.05) is 58.3 Å². The summed E-state index contributed by atoms with van der Waals surface area (Å²) in [6.07, 6.45) is 13.9. The zero-order chi connectivity index (χ0) is 16.0. The van der Waals surface area contributed by atoms with Crippen LogP contribution in [-0.4, -0.2) is 30.7 Å². The van der Waals surface area contributed by atoms with Crippen LogP contribution in [0.25, 0.3) is 0 Å². The van der Waals surface area contributed by atoms with Crippen molar-refractivity contribution < 1.29 is 19.3 Å². The van der Waals surface area contributed by atoms with Gasteiger partial charge in [-0.3, -0.25) is 0 Å². The smallest absolute Gasteiger partial charge is 0.240 e. The first-order valence-electron chi connectivity index (χ1n) is 8.99. The summed E-state index contributed by atoms with van der Waals surface area (Å²) < 4.78 is 16.4. The Bertz CT molecular complexity index is 289. The highest BCUT2D eigenvalue weighted by Crippen LogP contribution is 2.20. The van der Waals surface area contributed by atoms with Crippen molar-refractivity contribution in [2.75, 3.05) is 13.2 Å². The maximum atomic E-state index is 9.11. The van der Waals surface area contributed by atoms with Crippen molar-refractivity contribution in [2.24, 2.45) is 0 Å². The lowest BCUT2D eigenvalue weighted by Gasteiger charge is -2.12. The van der Waals surface area contributed by atoms with Crippen LogP contribution >= 0.6 is 0 Å². The second-order valence-electron chi connectivity index (χ2n) is 6.25. The third-order valence-electron chi connectivity index (χ3n) is 3.78. The van der Waals surface area contributed by atoms with E-state index in [4.69, 9.17) is 19.3 Å². The third kappa shape index (κ3) is 10.1. The van der Waals surface area contributed by atoms with E-state index in [1.54, 1.807) is 13.2 Å². The number of aliphatic hydroxyl groups excluding tert-OH is 1. The summed E-state index contributed by atoms with van der Waals surface area (Å²) in [6.45, 7) is 4.66. The molecule has 1 N–H and O–H groups in total. The maximum Gasteiger partial charge on any atom is 0.240 e. The van der Waals surface area contributed by atoms with Gasteiger partial charge in [0.25, 0.3) is 0 Å². The molecule has 0 spiro atoms. The largest absolute Gasteiger partial charge is 0.459 e. The standard InChI is InChI=1S/C18H34O4/c1-3-4-5-6-7-8-9-10-11-12-18-21-15-17(22-18)14-20-13-16(2)19/h15-16,18-19H,3-14H2,1-2H3. The Hall–Kier alpha value is -0.740. The number of ether oxygens (including phenoxy) is 3. The molecule has 0 amide bonds. The fraction of sp³-hybridized carbons (Fsp3) is 0.889. The molecule has 1 rings (SSSR count). The molecule has 4 nitrogen and oxygen atoms in total. The second-order valence-corrected chi connectivity index (χ2v) is 6.25. The highest BCUT2D eigenvalue weighted by Gasteiger charge is 2.18. The van der Waals surface area contributed by atoms with E-state index in [-0.39, 0.29) is 6.29 Å². The normalized spacial score (nSPS) is 18.7. The number of rotatable bonds is 14. The summed E-state index contributed by atoms with van der Waals surface area (Å²) in [5, 5.41) is 9.11. The summed E-state index contributed by atoms with van der Waals surface area (Å²) >= 11 is 0. The molecule has 1 aliphatic heterocycles. The molecule has 0 aromatic heterocycles. The van der Waals surface area contributed by atoms with Crippen molar-refractivity contribution in [3.63, 3.8) is 0 Å². The molecular weight excluding hydrogens is 280 g/mol. The van der Waals surface area contributed by atoms with Crippen LogP contribution in [0, 0.1) is 0 Å². The minimum absolute atomic E-state index is 0.144. The molecule has 22 heavy (non-hydrogen) atoms. The maximum absolute atomic E-state index is 9.11. The minimum Gasteiger partial charge on any atom is -0.459 e. The molecule has 0 saturated carbocycles. The first-order chi connectivity index (χ1) is 10.7. The monoisotopic (exact) mass is 314 g/mol. The molecule has 2 unspecified atom stereocenters. The summed E-state index contributed by atoms with van der Waals surface area (Å²) in [5.74, 6) is 0.724. The van der Waals surface area contributed by atoms with Gasteiger partial charge in [-0.05, 0) is 13.3 Å². The number of unbranched alkanes of at least 4 members (excludes halogenated alkanes) is 8. The Balaban J connectivity index is 1.87. The van der Waals surface area contributed by atoms with E-state index < -0.39 is 6.10 Å². The van der Waals surface area contributed by atoms with E-state index in [1.807, 2.05) is 0 Å². The predicted octanol–water partition coefficient (Wildman–Crippen LogP) is 4.52. The fourth-order valence-electron chi connectivity index (χ4n) is 2.52. The second kappa shape index (κ2) is 12.8.